The molecule has 5 rings (SSSR count). The third kappa shape index (κ3) is 3.60. The summed E-state index contributed by atoms with van der Waals surface area (Å²) in [7, 11) is 0. The number of amides is 1. The Hall–Kier alpha value is -3.84. The van der Waals surface area contributed by atoms with Crippen molar-refractivity contribution in [2.75, 3.05) is 5.32 Å². The Kier molecular flexibility index (Phi) is 4.80. The number of aromatic nitrogens is 3. The molecule has 6 nitrogen and oxygen atoms in total. The smallest absolute Gasteiger partial charge is 0.265 e. The molecular weight excluding hydrogens is 408 g/mol. The predicted molar refractivity (Wildman–Crippen MR) is 124 cm³/mol. The van der Waals surface area contributed by atoms with E-state index in [-0.39, 0.29) is 11.1 Å². The Morgan fingerprint density at radius 2 is 1.90 bits per heavy atom. The minimum Gasteiger partial charge on any atom is -0.298 e. The number of hydrogen-bond donors (Lipinski definition) is 1. The molecule has 0 spiro atoms. The zero-order valence-corrected chi connectivity index (χ0v) is 17.5. The highest BCUT2D eigenvalue weighted by Crippen LogP contribution is 2.28. The van der Waals surface area contributed by atoms with Crippen molar-refractivity contribution >= 4 is 43.6 Å². The van der Waals surface area contributed by atoms with E-state index in [4.69, 9.17) is 0 Å². The second-order valence-corrected chi connectivity index (χ2v) is 8.28. The van der Waals surface area contributed by atoms with Crippen LogP contribution in [0, 0.1) is 6.92 Å². The van der Waals surface area contributed by atoms with Crippen LogP contribution in [0.1, 0.15) is 21.5 Å². The van der Waals surface area contributed by atoms with E-state index in [1.54, 1.807) is 22.9 Å². The average molecular weight is 427 g/mol. The van der Waals surface area contributed by atoms with Crippen LogP contribution < -0.4 is 10.9 Å². The molecule has 0 aliphatic carbocycles. The Labute approximate surface area is 181 Å². The van der Waals surface area contributed by atoms with E-state index in [0.29, 0.717) is 17.3 Å². The molecule has 0 aliphatic heterocycles. The van der Waals surface area contributed by atoms with Gasteiger partial charge in [0.05, 0.1) is 16.8 Å². The van der Waals surface area contributed by atoms with Crippen molar-refractivity contribution in [1.29, 1.82) is 0 Å². The molecule has 3 aromatic heterocycles. The van der Waals surface area contributed by atoms with Crippen LogP contribution in [0.3, 0.4) is 0 Å². The topological polar surface area (TPSA) is 76.9 Å². The van der Waals surface area contributed by atoms with Crippen molar-refractivity contribution in [3.63, 3.8) is 0 Å². The Balaban J connectivity index is 1.57. The van der Waals surface area contributed by atoms with Gasteiger partial charge in [-0.2, -0.15) is 0 Å². The highest BCUT2D eigenvalue weighted by Gasteiger charge is 2.18. The number of benzene rings is 2. The number of anilines is 1. The molecule has 0 aliphatic rings. The zero-order chi connectivity index (χ0) is 21.4. The summed E-state index contributed by atoms with van der Waals surface area (Å²) in [4.78, 5) is 35.3. The molecule has 0 unspecified atom stereocenters. The van der Waals surface area contributed by atoms with Crippen molar-refractivity contribution in [1.82, 2.24) is 14.5 Å². The Morgan fingerprint density at radius 3 is 2.71 bits per heavy atom. The molecular formula is C24H18N4O2S. The molecule has 2 aromatic carbocycles. The van der Waals surface area contributed by atoms with Crippen LogP contribution in [0.25, 0.3) is 21.3 Å². The molecule has 0 bridgehead atoms. The lowest BCUT2D eigenvalue weighted by atomic mass is 10.1. The monoisotopic (exact) mass is 426 g/mol. The zero-order valence-electron chi connectivity index (χ0n) is 16.7. The summed E-state index contributed by atoms with van der Waals surface area (Å²) in [6.07, 6.45) is 1.65. The fourth-order valence-electron chi connectivity index (χ4n) is 3.59. The fourth-order valence-corrected chi connectivity index (χ4v) is 4.52. The van der Waals surface area contributed by atoms with E-state index in [0.717, 1.165) is 26.7 Å². The van der Waals surface area contributed by atoms with E-state index in [1.165, 1.54) is 11.3 Å². The number of para-hydroxylation sites is 1. The highest BCUT2D eigenvalue weighted by molar-refractivity contribution is 7.22. The molecule has 31 heavy (non-hydrogen) atoms. The fraction of sp³-hybridized carbons (Fsp3) is 0.0833. The van der Waals surface area contributed by atoms with E-state index < -0.39 is 5.91 Å². The number of carbonyl (C=O) groups excluding carboxylic acids is 1. The predicted octanol–water partition coefficient (Wildman–Crippen LogP) is 4.62. The highest BCUT2D eigenvalue weighted by atomic mass is 32.1. The number of hydrogen-bond acceptors (Lipinski definition) is 5. The van der Waals surface area contributed by atoms with Gasteiger partial charge in [-0.05, 0) is 42.3 Å². The van der Waals surface area contributed by atoms with Gasteiger partial charge >= 0.3 is 0 Å². The lowest BCUT2D eigenvalue weighted by Gasteiger charge is -2.12. The lowest BCUT2D eigenvalue weighted by molar-refractivity contribution is 0.102. The van der Waals surface area contributed by atoms with Gasteiger partial charge in [0, 0.05) is 11.6 Å². The van der Waals surface area contributed by atoms with Gasteiger partial charge in [0.15, 0.2) is 5.13 Å². The van der Waals surface area contributed by atoms with Crippen molar-refractivity contribution in [3.05, 3.63) is 100.0 Å². The van der Waals surface area contributed by atoms with Gasteiger partial charge in [-0.15, -0.1) is 0 Å². The standard InChI is InChI=1S/C24H18N4O2S/c1-15-7-5-11-19-20(15)26-24(31-19)27-22(29)18-13-17-10-6-12-25-21(17)28(23(18)30)14-16-8-3-2-4-9-16/h2-13H,14H2,1H3,(H,26,27,29). The summed E-state index contributed by atoms with van der Waals surface area (Å²) in [5.74, 6) is -0.478. The van der Waals surface area contributed by atoms with Gasteiger partial charge in [-0.25, -0.2) is 9.97 Å². The maximum atomic E-state index is 13.3. The number of carbonyl (C=O) groups is 1. The summed E-state index contributed by atoms with van der Waals surface area (Å²) in [6, 6.07) is 20.8. The third-order valence-corrected chi connectivity index (χ3v) is 6.05. The molecule has 1 amide bonds. The van der Waals surface area contributed by atoms with Crippen LogP contribution in [-0.4, -0.2) is 20.4 Å². The van der Waals surface area contributed by atoms with Crippen molar-refractivity contribution in [3.8, 4) is 0 Å². The minimum atomic E-state index is -0.478. The van der Waals surface area contributed by atoms with Gasteiger partial charge in [-0.1, -0.05) is 53.8 Å². The van der Waals surface area contributed by atoms with Crippen LogP contribution in [0.5, 0.6) is 0 Å². The Bertz CT molecular complexity index is 1490. The molecule has 0 saturated heterocycles. The summed E-state index contributed by atoms with van der Waals surface area (Å²) in [5.41, 5.74) is 3.07. The van der Waals surface area contributed by atoms with Crippen molar-refractivity contribution in [2.45, 2.75) is 13.5 Å². The van der Waals surface area contributed by atoms with E-state index >= 15 is 0 Å². The lowest BCUT2D eigenvalue weighted by Crippen LogP contribution is -2.30. The van der Waals surface area contributed by atoms with Crippen molar-refractivity contribution in [2.24, 2.45) is 0 Å². The van der Waals surface area contributed by atoms with Crippen LogP contribution in [-0.2, 0) is 6.54 Å². The van der Waals surface area contributed by atoms with Gasteiger partial charge in [0.2, 0.25) is 0 Å². The van der Waals surface area contributed by atoms with E-state index in [2.05, 4.69) is 15.3 Å². The van der Waals surface area contributed by atoms with Crippen LogP contribution >= 0.6 is 11.3 Å². The first-order valence-electron chi connectivity index (χ1n) is 9.80. The molecule has 0 fully saturated rings. The largest absolute Gasteiger partial charge is 0.298 e. The van der Waals surface area contributed by atoms with E-state index in [1.807, 2.05) is 61.5 Å². The second kappa shape index (κ2) is 7.77. The number of thiazole rings is 1. The first-order valence-corrected chi connectivity index (χ1v) is 10.6. The van der Waals surface area contributed by atoms with E-state index in [9.17, 15) is 9.59 Å². The molecule has 0 atom stereocenters. The minimum absolute atomic E-state index is 0.0624. The maximum absolute atomic E-state index is 13.3. The number of fused-ring (bicyclic) bond motifs is 2. The second-order valence-electron chi connectivity index (χ2n) is 7.25. The van der Waals surface area contributed by atoms with Gasteiger partial charge < -0.3 is 0 Å². The maximum Gasteiger partial charge on any atom is 0.265 e. The number of nitrogens with one attached hydrogen (secondary N) is 1. The molecule has 1 N–H and O–H groups in total. The summed E-state index contributed by atoms with van der Waals surface area (Å²) in [5, 5.41) is 4.00. The number of nitrogens with zero attached hydrogens (tertiary/aromatic N) is 3. The summed E-state index contributed by atoms with van der Waals surface area (Å²) >= 11 is 1.39. The quantitative estimate of drug-likeness (QED) is 0.455. The molecule has 3 heterocycles. The number of aryl methyl sites for hydroxylation is 1. The third-order valence-electron chi connectivity index (χ3n) is 5.12. The first kappa shape index (κ1) is 19.1. The summed E-state index contributed by atoms with van der Waals surface area (Å²) in [6.45, 7) is 2.31. The van der Waals surface area contributed by atoms with Gasteiger partial charge in [0.25, 0.3) is 11.5 Å². The number of rotatable bonds is 4. The normalized spacial score (nSPS) is 11.1. The first-order chi connectivity index (χ1) is 15.1. The Morgan fingerprint density at radius 1 is 1.06 bits per heavy atom. The molecule has 0 saturated carbocycles. The SMILES string of the molecule is Cc1cccc2sc(NC(=O)c3cc4cccnc4n(Cc4ccccc4)c3=O)nc12. The molecule has 152 valence electrons. The van der Waals surface area contributed by atoms with Crippen molar-refractivity contribution < 1.29 is 4.79 Å². The molecule has 0 radical (unpaired) electrons. The number of pyridine rings is 2. The summed E-state index contributed by atoms with van der Waals surface area (Å²) < 4.78 is 2.53. The van der Waals surface area contributed by atoms with Gasteiger partial charge in [-0.3, -0.25) is 19.5 Å². The van der Waals surface area contributed by atoms with Crippen LogP contribution in [0.2, 0.25) is 0 Å². The average Bonchev–Trinajstić information content (AvgIpc) is 3.20. The molecule has 5 aromatic rings. The van der Waals surface area contributed by atoms with Crippen LogP contribution in [0.4, 0.5) is 5.13 Å². The molecule has 7 heteroatoms. The van der Waals surface area contributed by atoms with Crippen LogP contribution in [0.15, 0.2) is 77.7 Å². The van der Waals surface area contributed by atoms with Gasteiger partial charge in [0.1, 0.15) is 11.2 Å².